The molecule has 0 aromatic heterocycles. The van der Waals surface area contributed by atoms with Crippen LogP contribution in [0.25, 0.3) is 0 Å². The van der Waals surface area contributed by atoms with E-state index in [0.717, 1.165) is 12.1 Å². The maximum atomic E-state index is 13.5. The first-order valence-corrected chi connectivity index (χ1v) is 4.84. The van der Waals surface area contributed by atoms with Gasteiger partial charge in [0.2, 0.25) is 0 Å². The molecule has 4 heteroatoms. The van der Waals surface area contributed by atoms with E-state index in [1.54, 1.807) is 6.92 Å². The second-order valence-corrected chi connectivity index (χ2v) is 3.78. The van der Waals surface area contributed by atoms with E-state index in [4.69, 9.17) is 4.74 Å². The standard InChI is InChI=1S/C11H12F2O2/c1-7-11(14,5-6-15-7)10-8(12)3-2-4-9(10)13/h2-4,7,14H,5-6H2,1H3. The zero-order valence-corrected chi connectivity index (χ0v) is 8.34. The number of hydrogen-bond acceptors (Lipinski definition) is 2. The summed E-state index contributed by atoms with van der Waals surface area (Å²) in [6.07, 6.45) is -0.379. The van der Waals surface area contributed by atoms with Crippen LogP contribution >= 0.6 is 0 Å². The summed E-state index contributed by atoms with van der Waals surface area (Å²) in [5, 5.41) is 10.2. The molecule has 0 spiro atoms. The van der Waals surface area contributed by atoms with Crippen molar-refractivity contribution in [3.63, 3.8) is 0 Å². The predicted octanol–water partition coefficient (Wildman–Crippen LogP) is 1.96. The van der Waals surface area contributed by atoms with Gasteiger partial charge in [-0.1, -0.05) is 6.07 Å². The minimum absolute atomic E-state index is 0.214. The maximum Gasteiger partial charge on any atom is 0.132 e. The fraction of sp³-hybridized carbons (Fsp3) is 0.455. The molecule has 82 valence electrons. The largest absolute Gasteiger partial charge is 0.382 e. The Balaban J connectivity index is 2.53. The van der Waals surface area contributed by atoms with Gasteiger partial charge in [0.25, 0.3) is 0 Å². The Bertz CT molecular complexity index is 361. The lowest BCUT2D eigenvalue weighted by molar-refractivity contribution is -0.0364. The van der Waals surface area contributed by atoms with Crippen LogP contribution in [0.15, 0.2) is 18.2 Å². The summed E-state index contributed by atoms with van der Waals surface area (Å²) in [6.45, 7) is 1.92. The summed E-state index contributed by atoms with van der Waals surface area (Å²) >= 11 is 0. The van der Waals surface area contributed by atoms with E-state index in [-0.39, 0.29) is 12.0 Å². The van der Waals surface area contributed by atoms with Crippen molar-refractivity contribution in [2.75, 3.05) is 6.61 Å². The lowest BCUT2D eigenvalue weighted by Gasteiger charge is -2.27. The predicted molar refractivity (Wildman–Crippen MR) is 50.3 cm³/mol. The van der Waals surface area contributed by atoms with Crippen LogP contribution in [-0.4, -0.2) is 17.8 Å². The van der Waals surface area contributed by atoms with Crippen molar-refractivity contribution in [3.05, 3.63) is 35.4 Å². The summed E-state index contributed by atoms with van der Waals surface area (Å²) in [5.74, 6) is -1.45. The van der Waals surface area contributed by atoms with E-state index < -0.39 is 23.3 Å². The number of halogens is 2. The minimum atomic E-state index is -1.55. The van der Waals surface area contributed by atoms with Gasteiger partial charge in [0.05, 0.1) is 18.3 Å². The van der Waals surface area contributed by atoms with Crippen LogP contribution in [0, 0.1) is 11.6 Å². The van der Waals surface area contributed by atoms with E-state index in [0.29, 0.717) is 6.61 Å². The van der Waals surface area contributed by atoms with Crippen LogP contribution in [0.3, 0.4) is 0 Å². The fourth-order valence-electron chi connectivity index (χ4n) is 1.97. The van der Waals surface area contributed by atoms with Gasteiger partial charge in [-0.2, -0.15) is 0 Å². The quantitative estimate of drug-likeness (QED) is 0.774. The molecule has 0 saturated carbocycles. The molecule has 0 aliphatic carbocycles. The summed E-state index contributed by atoms with van der Waals surface area (Å²) in [5.41, 5.74) is -1.83. The Hall–Kier alpha value is -1.00. The lowest BCUT2D eigenvalue weighted by atomic mass is 9.87. The van der Waals surface area contributed by atoms with Crippen LogP contribution < -0.4 is 0 Å². The monoisotopic (exact) mass is 214 g/mol. The molecule has 15 heavy (non-hydrogen) atoms. The Morgan fingerprint density at radius 3 is 2.47 bits per heavy atom. The summed E-state index contributed by atoms with van der Waals surface area (Å²) in [4.78, 5) is 0. The van der Waals surface area contributed by atoms with Crippen molar-refractivity contribution in [2.24, 2.45) is 0 Å². The molecule has 1 N–H and O–H groups in total. The molecular weight excluding hydrogens is 202 g/mol. The normalized spacial score (nSPS) is 30.8. The molecule has 1 aromatic rings. The molecule has 2 unspecified atom stereocenters. The molecule has 2 nitrogen and oxygen atoms in total. The van der Waals surface area contributed by atoms with Crippen molar-refractivity contribution in [1.29, 1.82) is 0 Å². The Morgan fingerprint density at radius 2 is 2.00 bits per heavy atom. The van der Waals surface area contributed by atoms with E-state index in [1.165, 1.54) is 6.07 Å². The SMILES string of the molecule is CC1OCCC1(O)c1c(F)cccc1F. The van der Waals surface area contributed by atoms with Crippen molar-refractivity contribution >= 4 is 0 Å². The molecule has 1 fully saturated rings. The maximum absolute atomic E-state index is 13.5. The summed E-state index contributed by atoms with van der Waals surface area (Å²) in [7, 11) is 0. The first-order chi connectivity index (χ1) is 7.05. The topological polar surface area (TPSA) is 29.5 Å². The molecule has 2 atom stereocenters. The van der Waals surface area contributed by atoms with Crippen LogP contribution in [0.1, 0.15) is 18.9 Å². The highest BCUT2D eigenvalue weighted by atomic mass is 19.1. The number of hydrogen-bond donors (Lipinski definition) is 1. The smallest absolute Gasteiger partial charge is 0.132 e. The van der Waals surface area contributed by atoms with Crippen molar-refractivity contribution < 1.29 is 18.6 Å². The lowest BCUT2D eigenvalue weighted by Crippen LogP contribution is -2.35. The van der Waals surface area contributed by atoms with Gasteiger partial charge in [-0.25, -0.2) is 8.78 Å². The van der Waals surface area contributed by atoms with Crippen LogP contribution in [0.4, 0.5) is 8.78 Å². The minimum Gasteiger partial charge on any atom is -0.382 e. The second-order valence-electron chi connectivity index (χ2n) is 3.78. The third kappa shape index (κ3) is 1.54. The number of benzene rings is 1. The van der Waals surface area contributed by atoms with E-state index in [1.807, 2.05) is 0 Å². The van der Waals surface area contributed by atoms with Crippen LogP contribution in [-0.2, 0) is 10.3 Å². The summed E-state index contributed by atoms with van der Waals surface area (Å²) < 4.78 is 32.1. The fourth-order valence-corrected chi connectivity index (χ4v) is 1.97. The summed E-state index contributed by atoms with van der Waals surface area (Å²) in [6, 6.07) is 3.56. The highest BCUT2D eigenvalue weighted by Gasteiger charge is 2.44. The van der Waals surface area contributed by atoms with E-state index in [9.17, 15) is 13.9 Å². The van der Waals surface area contributed by atoms with Crippen LogP contribution in [0.5, 0.6) is 0 Å². The van der Waals surface area contributed by atoms with Gasteiger partial charge in [0.1, 0.15) is 17.2 Å². The molecule has 0 amide bonds. The van der Waals surface area contributed by atoms with Crippen molar-refractivity contribution in [1.82, 2.24) is 0 Å². The van der Waals surface area contributed by atoms with Gasteiger partial charge in [0, 0.05) is 6.42 Å². The van der Waals surface area contributed by atoms with Gasteiger partial charge in [0.15, 0.2) is 0 Å². The molecule has 0 bridgehead atoms. The molecule has 1 aliphatic rings. The van der Waals surface area contributed by atoms with Gasteiger partial charge in [-0.3, -0.25) is 0 Å². The Labute approximate surface area is 86.5 Å². The molecule has 2 rings (SSSR count). The molecular formula is C11H12F2O2. The van der Waals surface area contributed by atoms with Crippen molar-refractivity contribution in [3.8, 4) is 0 Å². The first-order valence-electron chi connectivity index (χ1n) is 4.84. The van der Waals surface area contributed by atoms with Gasteiger partial charge in [-0.15, -0.1) is 0 Å². The molecule has 1 aliphatic heterocycles. The molecule has 1 saturated heterocycles. The zero-order chi connectivity index (χ0) is 11.1. The van der Waals surface area contributed by atoms with Gasteiger partial charge in [-0.05, 0) is 19.1 Å². The van der Waals surface area contributed by atoms with Gasteiger partial charge >= 0.3 is 0 Å². The molecule has 0 radical (unpaired) electrons. The Kier molecular flexibility index (Phi) is 2.48. The van der Waals surface area contributed by atoms with Crippen molar-refractivity contribution in [2.45, 2.75) is 25.0 Å². The average Bonchev–Trinajstić information content (AvgIpc) is 2.47. The number of aliphatic hydroxyl groups is 1. The molecule has 1 heterocycles. The second kappa shape index (κ2) is 3.54. The van der Waals surface area contributed by atoms with E-state index in [2.05, 4.69) is 0 Å². The highest BCUT2D eigenvalue weighted by molar-refractivity contribution is 5.28. The van der Waals surface area contributed by atoms with E-state index >= 15 is 0 Å². The third-order valence-corrected chi connectivity index (χ3v) is 2.92. The average molecular weight is 214 g/mol. The Morgan fingerprint density at radius 1 is 1.40 bits per heavy atom. The number of rotatable bonds is 1. The third-order valence-electron chi connectivity index (χ3n) is 2.92. The first kappa shape index (κ1) is 10.5. The van der Waals surface area contributed by atoms with Gasteiger partial charge < -0.3 is 9.84 Å². The highest BCUT2D eigenvalue weighted by Crippen LogP contribution is 2.38. The zero-order valence-electron chi connectivity index (χ0n) is 8.34. The van der Waals surface area contributed by atoms with Crippen LogP contribution in [0.2, 0.25) is 0 Å². The molecule has 1 aromatic carbocycles. The number of ether oxygens (including phenoxy) is 1.